The average molecular weight is 383 g/mol. The van der Waals surface area contributed by atoms with Gasteiger partial charge >= 0.3 is 0 Å². The second-order valence-corrected chi connectivity index (χ2v) is 7.61. The molecule has 0 fully saturated rings. The predicted octanol–water partition coefficient (Wildman–Crippen LogP) is 3.71. The molecule has 140 valence electrons. The highest BCUT2D eigenvalue weighted by atomic mass is 32.1. The fourth-order valence-corrected chi connectivity index (χ4v) is 3.82. The number of ether oxygens (including phenoxy) is 1. The third-order valence-corrected chi connectivity index (χ3v) is 5.56. The van der Waals surface area contributed by atoms with Crippen molar-refractivity contribution in [3.63, 3.8) is 0 Å². The van der Waals surface area contributed by atoms with Crippen molar-refractivity contribution in [2.75, 3.05) is 13.7 Å². The molecule has 0 aliphatic heterocycles. The van der Waals surface area contributed by atoms with E-state index < -0.39 is 0 Å². The molecule has 0 spiro atoms. The number of carbonyl (C=O) groups excluding carboxylic acids is 1. The summed E-state index contributed by atoms with van der Waals surface area (Å²) in [6.45, 7) is 0.242. The maximum absolute atomic E-state index is 12.4. The summed E-state index contributed by atoms with van der Waals surface area (Å²) in [5.41, 5.74) is 2.74. The fourth-order valence-electron chi connectivity index (χ4n) is 3.17. The van der Waals surface area contributed by atoms with Gasteiger partial charge in [0.25, 0.3) is 5.91 Å². The number of aromatic nitrogens is 2. The molecular weight excluding hydrogens is 362 g/mol. The second-order valence-electron chi connectivity index (χ2n) is 6.67. The van der Waals surface area contributed by atoms with Gasteiger partial charge in [-0.05, 0) is 60.4 Å². The van der Waals surface area contributed by atoms with Crippen LogP contribution in [0.5, 0.6) is 5.75 Å². The third kappa shape index (κ3) is 4.19. The minimum Gasteiger partial charge on any atom is -0.484 e. The van der Waals surface area contributed by atoms with Crippen molar-refractivity contribution >= 4 is 17.2 Å². The van der Waals surface area contributed by atoms with Crippen molar-refractivity contribution in [3.8, 4) is 16.5 Å². The van der Waals surface area contributed by atoms with E-state index in [0.717, 1.165) is 23.5 Å². The van der Waals surface area contributed by atoms with Crippen LogP contribution >= 0.6 is 11.3 Å². The zero-order valence-corrected chi connectivity index (χ0v) is 16.0. The molecule has 4 rings (SSSR count). The van der Waals surface area contributed by atoms with Gasteiger partial charge < -0.3 is 14.2 Å². The Morgan fingerprint density at radius 3 is 2.93 bits per heavy atom. The van der Waals surface area contributed by atoms with Gasteiger partial charge in [-0.2, -0.15) is 4.98 Å². The van der Waals surface area contributed by atoms with Crippen LogP contribution in [0.15, 0.2) is 40.2 Å². The predicted molar refractivity (Wildman–Crippen MR) is 103 cm³/mol. The van der Waals surface area contributed by atoms with E-state index in [9.17, 15) is 4.79 Å². The molecule has 0 radical (unpaired) electrons. The Labute approximate surface area is 161 Å². The molecular formula is C20H21N3O3S. The minimum atomic E-state index is -0.136. The molecule has 0 N–H and O–H groups in total. The van der Waals surface area contributed by atoms with Crippen LogP contribution in [-0.4, -0.2) is 34.6 Å². The smallest absolute Gasteiger partial charge is 0.260 e. The van der Waals surface area contributed by atoms with E-state index in [1.165, 1.54) is 28.9 Å². The lowest BCUT2D eigenvalue weighted by molar-refractivity contribution is -0.132. The number of fused-ring (bicyclic) bond motifs is 1. The summed E-state index contributed by atoms with van der Waals surface area (Å²) in [4.78, 5) is 19.2. The van der Waals surface area contributed by atoms with Gasteiger partial charge in [-0.15, -0.1) is 11.3 Å². The van der Waals surface area contributed by atoms with Gasteiger partial charge in [0.1, 0.15) is 5.75 Å². The molecule has 1 aliphatic carbocycles. The highest BCUT2D eigenvalue weighted by Crippen LogP contribution is 2.25. The quantitative estimate of drug-likeness (QED) is 0.649. The van der Waals surface area contributed by atoms with Crippen LogP contribution in [0, 0.1) is 0 Å². The molecule has 2 heterocycles. The maximum Gasteiger partial charge on any atom is 0.260 e. The first-order valence-corrected chi connectivity index (χ1v) is 9.92. The molecule has 0 atom stereocenters. The van der Waals surface area contributed by atoms with Gasteiger partial charge in [0, 0.05) is 7.05 Å². The highest BCUT2D eigenvalue weighted by molar-refractivity contribution is 7.13. The number of thiophene rings is 1. The van der Waals surface area contributed by atoms with Gasteiger partial charge in [-0.3, -0.25) is 4.79 Å². The average Bonchev–Trinajstić information content (AvgIpc) is 3.37. The molecule has 0 bridgehead atoms. The lowest BCUT2D eigenvalue weighted by Gasteiger charge is -2.18. The first kappa shape index (κ1) is 17.7. The third-order valence-electron chi connectivity index (χ3n) is 4.69. The van der Waals surface area contributed by atoms with Crippen LogP contribution in [0.1, 0.15) is 29.9 Å². The fraction of sp³-hybridized carbons (Fsp3) is 0.350. The first-order chi connectivity index (χ1) is 13.2. The van der Waals surface area contributed by atoms with Gasteiger partial charge in [-0.25, -0.2) is 0 Å². The summed E-state index contributed by atoms with van der Waals surface area (Å²) >= 11 is 1.54. The molecule has 1 aliphatic rings. The van der Waals surface area contributed by atoms with Gasteiger partial charge in [-0.1, -0.05) is 17.3 Å². The van der Waals surface area contributed by atoms with Crippen LogP contribution < -0.4 is 4.74 Å². The molecule has 1 aromatic carbocycles. The Hall–Kier alpha value is -2.67. The molecule has 7 heteroatoms. The lowest BCUT2D eigenvalue weighted by atomic mass is 9.92. The second kappa shape index (κ2) is 7.92. The van der Waals surface area contributed by atoms with Crippen molar-refractivity contribution in [2.45, 2.75) is 32.2 Å². The van der Waals surface area contributed by atoms with E-state index in [2.05, 4.69) is 22.3 Å². The van der Waals surface area contributed by atoms with Crippen molar-refractivity contribution in [2.24, 2.45) is 0 Å². The summed E-state index contributed by atoms with van der Waals surface area (Å²) in [5, 5.41) is 5.92. The molecule has 1 amide bonds. The van der Waals surface area contributed by atoms with E-state index in [1.54, 1.807) is 18.4 Å². The van der Waals surface area contributed by atoms with E-state index >= 15 is 0 Å². The van der Waals surface area contributed by atoms with Crippen molar-refractivity contribution in [1.82, 2.24) is 15.0 Å². The van der Waals surface area contributed by atoms with Crippen molar-refractivity contribution in [1.29, 1.82) is 0 Å². The lowest BCUT2D eigenvalue weighted by Crippen LogP contribution is -2.31. The Kier molecular flexibility index (Phi) is 5.20. The molecule has 6 nitrogen and oxygen atoms in total. The van der Waals surface area contributed by atoms with Gasteiger partial charge in [0.2, 0.25) is 11.7 Å². The first-order valence-electron chi connectivity index (χ1n) is 9.04. The summed E-state index contributed by atoms with van der Waals surface area (Å²) < 4.78 is 10.9. The number of hydrogen-bond acceptors (Lipinski definition) is 6. The van der Waals surface area contributed by atoms with Crippen LogP contribution in [0.3, 0.4) is 0 Å². The largest absolute Gasteiger partial charge is 0.484 e. The number of benzene rings is 1. The SMILES string of the molecule is CN(Cc1nc(-c2cccs2)no1)C(=O)COc1ccc2c(c1)CCCC2. The molecule has 2 aromatic heterocycles. The van der Waals surface area contributed by atoms with E-state index in [-0.39, 0.29) is 19.1 Å². The van der Waals surface area contributed by atoms with Crippen LogP contribution in [0.25, 0.3) is 10.7 Å². The summed E-state index contributed by atoms with van der Waals surface area (Å²) in [7, 11) is 1.70. The number of hydrogen-bond donors (Lipinski definition) is 0. The van der Waals surface area contributed by atoms with Crippen molar-refractivity contribution in [3.05, 3.63) is 52.7 Å². The topological polar surface area (TPSA) is 68.5 Å². The van der Waals surface area contributed by atoms with Crippen molar-refractivity contribution < 1.29 is 14.1 Å². The Bertz CT molecular complexity index is 920. The Morgan fingerprint density at radius 1 is 1.26 bits per heavy atom. The Balaban J connectivity index is 1.32. The number of rotatable bonds is 6. The number of aryl methyl sites for hydroxylation is 2. The number of likely N-dealkylation sites (N-methyl/N-ethyl adjacent to an activating group) is 1. The number of amides is 1. The zero-order valence-electron chi connectivity index (χ0n) is 15.2. The van der Waals surface area contributed by atoms with Gasteiger partial charge in [0.15, 0.2) is 6.61 Å². The summed E-state index contributed by atoms with van der Waals surface area (Å²) in [5.74, 6) is 1.56. The van der Waals surface area contributed by atoms with Crippen LogP contribution in [-0.2, 0) is 24.2 Å². The van der Waals surface area contributed by atoms with Crippen LogP contribution in [0.4, 0.5) is 0 Å². The monoisotopic (exact) mass is 383 g/mol. The summed E-state index contributed by atoms with van der Waals surface area (Å²) in [6.07, 6.45) is 4.69. The number of nitrogens with zero attached hydrogens (tertiary/aromatic N) is 3. The van der Waals surface area contributed by atoms with Gasteiger partial charge in [0.05, 0.1) is 11.4 Å². The minimum absolute atomic E-state index is 0.0127. The number of carbonyl (C=O) groups is 1. The molecule has 3 aromatic rings. The molecule has 0 saturated heterocycles. The standard InChI is InChI=1S/C20H21N3O3S/c1-23(12-18-21-20(22-26-18)17-7-4-10-27-17)19(24)13-25-16-9-8-14-5-2-3-6-15(14)11-16/h4,7-11H,2-3,5-6,12-13H2,1H3. The zero-order chi connectivity index (χ0) is 18.6. The summed E-state index contributed by atoms with van der Waals surface area (Å²) in [6, 6.07) is 9.99. The maximum atomic E-state index is 12.4. The van der Waals surface area contributed by atoms with E-state index in [4.69, 9.17) is 9.26 Å². The molecule has 27 heavy (non-hydrogen) atoms. The van der Waals surface area contributed by atoms with E-state index in [0.29, 0.717) is 11.7 Å². The normalized spacial score (nSPS) is 13.2. The van der Waals surface area contributed by atoms with Crippen LogP contribution in [0.2, 0.25) is 0 Å². The van der Waals surface area contributed by atoms with E-state index in [1.807, 2.05) is 23.6 Å². The highest BCUT2D eigenvalue weighted by Gasteiger charge is 2.16. The molecule has 0 saturated carbocycles. The Morgan fingerprint density at radius 2 is 2.11 bits per heavy atom. The molecule has 0 unspecified atom stereocenters.